The SMILES string of the molecule is CCCC(NCC(=O)NC(=O)NC12CC3CC(CC(C3)C1)C2)C(=O)O.Cl. The number of nitrogens with one attached hydrogen (secondary N) is 3. The van der Waals surface area contributed by atoms with Gasteiger partial charge in [-0.25, -0.2) is 4.79 Å². The molecular formula is C18H30ClN3O4. The number of halogens is 1. The van der Waals surface area contributed by atoms with E-state index in [9.17, 15) is 14.4 Å². The predicted octanol–water partition coefficient (Wildman–Crippen LogP) is 2.05. The first kappa shape index (κ1) is 21.0. The molecule has 0 aliphatic heterocycles. The van der Waals surface area contributed by atoms with Gasteiger partial charge >= 0.3 is 12.0 Å². The second kappa shape index (κ2) is 8.57. The Hall–Kier alpha value is -1.34. The Morgan fingerprint density at radius 1 is 1.08 bits per heavy atom. The normalized spacial score (nSPS) is 32.4. The number of carboxylic acids is 1. The zero-order chi connectivity index (χ0) is 18.0. The van der Waals surface area contributed by atoms with Gasteiger partial charge in [-0.2, -0.15) is 0 Å². The topological polar surface area (TPSA) is 108 Å². The lowest BCUT2D eigenvalue weighted by atomic mass is 9.53. The van der Waals surface area contributed by atoms with Crippen molar-refractivity contribution in [2.75, 3.05) is 6.54 Å². The van der Waals surface area contributed by atoms with Gasteiger partial charge in [-0.05, 0) is 62.7 Å². The summed E-state index contributed by atoms with van der Waals surface area (Å²) in [4.78, 5) is 35.3. The smallest absolute Gasteiger partial charge is 0.321 e. The first-order valence-electron chi connectivity index (χ1n) is 9.47. The first-order valence-corrected chi connectivity index (χ1v) is 9.47. The fraction of sp³-hybridized carbons (Fsp3) is 0.833. The number of rotatable bonds is 7. The van der Waals surface area contributed by atoms with E-state index in [2.05, 4.69) is 16.0 Å². The molecule has 26 heavy (non-hydrogen) atoms. The lowest BCUT2D eigenvalue weighted by molar-refractivity contribution is -0.139. The van der Waals surface area contributed by atoms with Gasteiger partial charge < -0.3 is 10.4 Å². The summed E-state index contributed by atoms with van der Waals surface area (Å²) in [5.41, 5.74) is -0.141. The molecule has 8 heteroatoms. The van der Waals surface area contributed by atoms with Crippen molar-refractivity contribution in [2.24, 2.45) is 17.8 Å². The van der Waals surface area contributed by atoms with E-state index in [-0.39, 0.29) is 24.5 Å². The number of hydrogen-bond acceptors (Lipinski definition) is 4. The van der Waals surface area contributed by atoms with Crippen LogP contribution in [0, 0.1) is 17.8 Å². The van der Waals surface area contributed by atoms with E-state index in [0.29, 0.717) is 30.6 Å². The van der Waals surface area contributed by atoms with Crippen LogP contribution in [0.2, 0.25) is 0 Å². The summed E-state index contributed by atoms with van der Waals surface area (Å²) in [6.07, 6.45) is 8.10. The van der Waals surface area contributed by atoms with Crippen LogP contribution in [0.4, 0.5) is 4.79 Å². The number of amides is 3. The van der Waals surface area contributed by atoms with Crippen LogP contribution in [-0.2, 0) is 9.59 Å². The maximum Gasteiger partial charge on any atom is 0.321 e. The minimum atomic E-state index is -0.979. The largest absolute Gasteiger partial charge is 0.480 e. The lowest BCUT2D eigenvalue weighted by Crippen LogP contribution is -2.62. The number of aliphatic carboxylic acids is 1. The average Bonchev–Trinajstić information content (AvgIpc) is 2.48. The fourth-order valence-electron chi connectivity index (χ4n) is 5.52. The Balaban J connectivity index is 0.00000243. The van der Waals surface area contributed by atoms with E-state index >= 15 is 0 Å². The molecule has 0 saturated heterocycles. The van der Waals surface area contributed by atoms with Crippen molar-refractivity contribution >= 4 is 30.3 Å². The number of urea groups is 1. The van der Waals surface area contributed by atoms with E-state index in [0.717, 1.165) is 19.3 Å². The highest BCUT2D eigenvalue weighted by Gasteiger charge is 2.51. The van der Waals surface area contributed by atoms with E-state index in [1.54, 1.807) is 0 Å². The molecule has 0 heterocycles. The Morgan fingerprint density at radius 2 is 1.62 bits per heavy atom. The van der Waals surface area contributed by atoms with Crippen LogP contribution < -0.4 is 16.0 Å². The van der Waals surface area contributed by atoms with E-state index in [1.165, 1.54) is 19.3 Å². The molecule has 4 bridgehead atoms. The highest BCUT2D eigenvalue weighted by Crippen LogP contribution is 2.55. The zero-order valence-corrected chi connectivity index (χ0v) is 16.1. The monoisotopic (exact) mass is 387 g/mol. The Labute approximate surface area is 160 Å². The zero-order valence-electron chi connectivity index (χ0n) is 15.3. The van der Waals surface area contributed by atoms with Crippen molar-refractivity contribution in [1.29, 1.82) is 0 Å². The summed E-state index contributed by atoms with van der Waals surface area (Å²) in [5, 5.41) is 17.2. The molecule has 0 spiro atoms. The molecule has 4 aliphatic carbocycles. The molecule has 0 aromatic heterocycles. The molecule has 0 aromatic rings. The maximum atomic E-state index is 12.3. The Bertz CT molecular complexity index is 519. The van der Waals surface area contributed by atoms with Gasteiger partial charge in [0.05, 0.1) is 6.54 Å². The molecule has 0 radical (unpaired) electrons. The van der Waals surface area contributed by atoms with Crippen molar-refractivity contribution in [3.8, 4) is 0 Å². The second-order valence-electron chi connectivity index (χ2n) is 8.26. The molecule has 148 valence electrons. The van der Waals surface area contributed by atoms with Crippen LogP contribution >= 0.6 is 12.4 Å². The number of imide groups is 1. The summed E-state index contributed by atoms with van der Waals surface area (Å²) >= 11 is 0. The second-order valence-corrected chi connectivity index (χ2v) is 8.26. The highest BCUT2D eigenvalue weighted by atomic mass is 35.5. The summed E-state index contributed by atoms with van der Waals surface area (Å²) < 4.78 is 0. The van der Waals surface area contributed by atoms with Gasteiger partial charge in [-0.15, -0.1) is 12.4 Å². The highest BCUT2D eigenvalue weighted by molar-refractivity contribution is 5.95. The molecular weight excluding hydrogens is 358 g/mol. The van der Waals surface area contributed by atoms with Crippen LogP contribution in [0.25, 0.3) is 0 Å². The molecule has 1 unspecified atom stereocenters. The molecule has 7 nitrogen and oxygen atoms in total. The van der Waals surface area contributed by atoms with Gasteiger partial charge in [0.25, 0.3) is 0 Å². The molecule has 4 fully saturated rings. The van der Waals surface area contributed by atoms with Crippen molar-refractivity contribution in [2.45, 2.75) is 69.9 Å². The van der Waals surface area contributed by atoms with Crippen molar-refractivity contribution < 1.29 is 19.5 Å². The predicted molar refractivity (Wildman–Crippen MR) is 99.2 cm³/mol. The summed E-state index contributed by atoms with van der Waals surface area (Å²) in [6.45, 7) is 1.71. The minimum absolute atomic E-state index is 0. The van der Waals surface area contributed by atoms with E-state index in [1.807, 2.05) is 6.92 Å². The molecule has 0 aromatic carbocycles. The maximum absolute atomic E-state index is 12.3. The van der Waals surface area contributed by atoms with Crippen molar-refractivity contribution in [1.82, 2.24) is 16.0 Å². The molecule has 4 N–H and O–H groups in total. The van der Waals surface area contributed by atoms with Crippen molar-refractivity contribution in [3.05, 3.63) is 0 Å². The van der Waals surface area contributed by atoms with Crippen LogP contribution in [0.15, 0.2) is 0 Å². The van der Waals surface area contributed by atoms with Gasteiger partial charge in [-0.1, -0.05) is 13.3 Å². The summed E-state index contributed by atoms with van der Waals surface area (Å²) in [7, 11) is 0. The standard InChI is InChI=1S/C18H29N3O4.ClH/c1-2-3-14(16(23)24)19-10-15(22)20-17(25)21-18-7-11-4-12(8-18)6-13(5-11)9-18;/h11-14,19H,2-10H2,1H3,(H,23,24)(H2,20,21,22,25);1H. The van der Waals surface area contributed by atoms with Gasteiger partial charge in [0, 0.05) is 5.54 Å². The number of carbonyl (C=O) groups is 3. The van der Waals surface area contributed by atoms with Gasteiger partial charge in [-0.3, -0.25) is 20.2 Å². The molecule has 1 atom stereocenters. The molecule has 4 saturated carbocycles. The third kappa shape index (κ3) is 4.88. The third-order valence-corrected chi connectivity index (χ3v) is 6.05. The van der Waals surface area contributed by atoms with Crippen LogP contribution in [0.3, 0.4) is 0 Å². The summed E-state index contributed by atoms with van der Waals surface area (Å²) in [6, 6.07) is -1.21. The van der Waals surface area contributed by atoms with Gasteiger partial charge in [0.15, 0.2) is 0 Å². The Morgan fingerprint density at radius 3 is 2.08 bits per heavy atom. The molecule has 3 amide bonds. The number of hydrogen-bond donors (Lipinski definition) is 4. The molecule has 4 aliphatic rings. The van der Waals surface area contributed by atoms with Crippen molar-refractivity contribution in [3.63, 3.8) is 0 Å². The first-order chi connectivity index (χ1) is 11.9. The van der Waals surface area contributed by atoms with Crippen LogP contribution in [0.5, 0.6) is 0 Å². The van der Waals surface area contributed by atoms with Crippen LogP contribution in [0.1, 0.15) is 58.3 Å². The fourth-order valence-corrected chi connectivity index (χ4v) is 5.52. The summed E-state index contributed by atoms with van der Waals surface area (Å²) in [5.74, 6) is 0.676. The van der Waals surface area contributed by atoms with Gasteiger partial charge in [0.2, 0.25) is 5.91 Å². The lowest BCUT2D eigenvalue weighted by Gasteiger charge is -2.56. The van der Waals surface area contributed by atoms with Crippen LogP contribution in [-0.4, -0.2) is 41.1 Å². The quantitative estimate of drug-likeness (QED) is 0.534. The minimum Gasteiger partial charge on any atom is -0.480 e. The third-order valence-electron chi connectivity index (χ3n) is 6.05. The van der Waals surface area contributed by atoms with Gasteiger partial charge in [0.1, 0.15) is 6.04 Å². The number of carboxylic acid groups (broad SMARTS) is 1. The molecule has 4 rings (SSSR count). The average molecular weight is 388 g/mol. The number of carbonyl (C=O) groups excluding carboxylic acids is 2. The Kier molecular flexibility index (Phi) is 6.91. The van der Waals surface area contributed by atoms with E-state index < -0.39 is 23.9 Å². The van der Waals surface area contributed by atoms with E-state index in [4.69, 9.17) is 5.11 Å².